The molecule has 8 heteroatoms. The van der Waals surface area contributed by atoms with E-state index in [1.165, 1.54) is 0 Å². The first-order valence-corrected chi connectivity index (χ1v) is 12.4. The van der Waals surface area contributed by atoms with E-state index in [1.54, 1.807) is 4.68 Å². The maximum Gasteiger partial charge on any atom is 0.229 e. The van der Waals surface area contributed by atoms with Crippen LogP contribution in [0, 0.1) is 25.2 Å². The summed E-state index contributed by atoms with van der Waals surface area (Å²) in [5, 5.41) is 15.5. The van der Waals surface area contributed by atoms with E-state index >= 15 is 0 Å². The van der Waals surface area contributed by atoms with Crippen molar-refractivity contribution in [2.45, 2.75) is 26.4 Å². The van der Waals surface area contributed by atoms with Crippen molar-refractivity contribution in [2.75, 3.05) is 0 Å². The zero-order valence-electron chi connectivity index (χ0n) is 19.6. The lowest BCUT2D eigenvalue weighted by Crippen LogP contribution is -2.22. The molecular formula is C28H22BrClN4O2. The second-order valence-corrected chi connectivity index (χ2v) is 9.86. The topological polar surface area (TPSA) is 86.1 Å². The van der Waals surface area contributed by atoms with E-state index in [2.05, 4.69) is 22.0 Å². The number of nitrogens with zero attached hydrogens (tertiary/aromatic N) is 3. The van der Waals surface area contributed by atoms with Crippen molar-refractivity contribution in [2.24, 2.45) is 5.73 Å². The molecule has 0 aliphatic carbocycles. The van der Waals surface area contributed by atoms with Crippen LogP contribution in [0.4, 0.5) is 0 Å². The maximum atomic E-state index is 10.1. The van der Waals surface area contributed by atoms with Crippen LogP contribution in [0.1, 0.15) is 33.9 Å². The van der Waals surface area contributed by atoms with Crippen LogP contribution in [-0.2, 0) is 6.61 Å². The molecule has 0 saturated carbocycles. The normalized spacial score (nSPS) is 14.7. The number of allylic oxidation sites excluding steroid dienone is 1. The van der Waals surface area contributed by atoms with Gasteiger partial charge in [0.2, 0.25) is 11.8 Å². The predicted molar refractivity (Wildman–Crippen MR) is 142 cm³/mol. The third-order valence-corrected chi connectivity index (χ3v) is 6.96. The Morgan fingerprint density at radius 1 is 1.14 bits per heavy atom. The minimum Gasteiger partial charge on any atom is -0.489 e. The van der Waals surface area contributed by atoms with Gasteiger partial charge in [-0.3, -0.25) is 0 Å². The number of fused-ring (bicyclic) bond motifs is 1. The molecule has 0 radical (unpaired) electrons. The lowest BCUT2D eigenvalue weighted by molar-refractivity contribution is 0.301. The summed E-state index contributed by atoms with van der Waals surface area (Å²) in [6.45, 7) is 4.19. The largest absolute Gasteiger partial charge is 0.489 e. The summed E-state index contributed by atoms with van der Waals surface area (Å²) in [5.74, 6) is 0.604. The van der Waals surface area contributed by atoms with Crippen molar-refractivity contribution in [3.63, 3.8) is 0 Å². The summed E-state index contributed by atoms with van der Waals surface area (Å²) in [5.41, 5.74) is 11.7. The molecule has 0 fully saturated rings. The summed E-state index contributed by atoms with van der Waals surface area (Å²) in [4.78, 5) is 0. The standard InChI is InChI=1S/C28H22BrClN4O2/c1-16-6-5-8-20(12-16)34-28-25(17(2)33-34)26(22(14-31)27(32)36-28)21-13-19(29)10-11-24(21)35-15-18-7-3-4-9-23(18)30/h3-13,26H,15,32H2,1-2H3. The minimum atomic E-state index is -0.531. The van der Waals surface area contributed by atoms with Crippen molar-refractivity contribution in [1.29, 1.82) is 5.26 Å². The highest BCUT2D eigenvalue weighted by molar-refractivity contribution is 9.10. The van der Waals surface area contributed by atoms with E-state index in [-0.39, 0.29) is 12.5 Å². The number of benzene rings is 3. The Labute approximate surface area is 222 Å². The number of aromatic nitrogens is 2. The van der Waals surface area contributed by atoms with Gasteiger partial charge in [0.1, 0.15) is 24.0 Å². The Morgan fingerprint density at radius 3 is 2.69 bits per heavy atom. The molecule has 1 aromatic heterocycles. The highest BCUT2D eigenvalue weighted by Gasteiger charge is 2.37. The van der Waals surface area contributed by atoms with E-state index in [9.17, 15) is 5.26 Å². The summed E-state index contributed by atoms with van der Waals surface area (Å²) in [7, 11) is 0. The molecule has 1 unspecified atom stereocenters. The Hall–Kier alpha value is -3.73. The van der Waals surface area contributed by atoms with Crippen LogP contribution in [0.25, 0.3) is 5.69 Å². The van der Waals surface area contributed by atoms with Crippen LogP contribution in [0.3, 0.4) is 0 Å². The molecule has 0 spiro atoms. The molecule has 1 aliphatic heterocycles. The second kappa shape index (κ2) is 9.73. The van der Waals surface area contributed by atoms with Gasteiger partial charge in [-0.2, -0.15) is 10.4 Å². The first kappa shape index (κ1) is 24.0. The fourth-order valence-corrected chi connectivity index (χ4v) is 4.98. The second-order valence-electron chi connectivity index (χ2n) is 8.54. The van der Waals surface area contributed by atoms with E-state index in [4.69, 9.17) is 31.9 Å². The minimum absolute atomic E-state index is 0.0424. The van der Waals surface area contributed by atoms with Gasteiger partial charge in [0.25, 0.3) is 0 Å². The Kier molecular flexibility index (Phi) is 6.48. The van der Waals surface area contributed by atoms with Gasteiger partial charge in [-0.05, 0) is 55.8 Å². The van der Waals surface area contributed by atoms with Crippen LogP contribution in [0.5, 0.6) is 11.6 Å². The zero-order valence-corrected chi connectivity index (χ0v) is 22.0. The first-order chi connectivity index (χ1) is 17.4. The number of nitriles is 1. The quantitative estimate of drug-likeness (QED) is 0.293. The number of rotatable bonds is 5. The molecule has 4 aromatic rings. The molecule has 1 aliphatic rings. The molecule has 5 rings (SSSR count). The molecule has 6 nitrogen and oxygen atoms in total. The number of aryl methyl sites for hydroxylation is 2. The molecule has 2 N–H and O–H groups in total. The Bertz CT molecular complexity index is 1550. The average molecular weight is 562 g/mol. The van der Waals surface area contributed by atoms with Crippen molar-refractivity contribution < 1.29 is 9.47 Å². The maximum absolute atomic E-state index is 10.1. The number of ether oxygens (including phenoxy) is 2. The average Bonchev–Trinajstić information content (AvgIpc) is 3.19. The van der Waals surface area contributed by atoms with Crippen LogP contribution in [0.15, 0.2) is 82.7 Å². The molecular weight excluding hydrogens is 540 g/mol. The number of hydrogen-bond donors (Lipinski definition) is 1. The molecule has 36 heavy (non-hydrogen) atoms. The van der Waals surface area contributed by atoms with E-state index in [0.717, 1.165) is 38.1 Å². The van der Waals surface area contributed by atoms with Crippen molar-refractivity contribution in [1.82, 2.24) is 9.78 Å². The molecule has 0 bridgehead atoms. The number of nitrogens with two attached hydrogens (primary N) is 1. The summed E-state index contributed by atoms with van der Waals surface area (Å²) in [6.07, 6.45) is 0. The first-order valence-electron chi connectivity index (χ1n) is 11.3. The van der Waals surface area contributed by atoms with Gasteiger partial charge in [0.15, 0.2) is 0 Å². The fraction of sp³-hybridized carbons (Fsp3) is 0.143. The molecule has 3 aromatic carbocycles. The molecule has 1 atom stereocenters. The lowest BCUT2D eigenvalue weighted by Gasteiger charge is -2.26. The summed E-state index contributed by atoms with van der Waals surface area (Å²) < 4.78 is 14.8. The van der Waals surface area contributed by atoms with Crippen molar-refractivity contribution in [3.05, 3.63) is 116 Å². The van der Waals surface area contributed by atoms with Crippen LogP contribution in [-0.4, -0.2) is 9.78 Å². The van der Waals surface area contributed by atoms with Gasteiger partial charge in [-0.1, -0.05) is 57.9 Å². The van der Waals surface area contributed by atoms with Crippen molar-refractivity contribution in [3.8, 4) is 23.4 Å². The highest BCUT2D eigenvalue weighted by Crippen LogP contribution is 2.47. The molecule has 0 saturated heterocycles. The zero-order chi connectivity index (χ0) is 25.4. The highest BCUT2D eigenvalue weighted by atomic mass is 79.9. The van der Waals surface area contributed by atoms with E-state index < -0.39 is 5.92 Å². The van der Waals surface area contributed by atoms with Crippen LogP contribution < -0.4 is 15.2 Å². The Morgan fingerprint density at radius 2 is 1.94 bits per heavy atom. The van der Waals surface area contributed by atoms with Gasteiger partial charge in [-0.15, -0.1) is 0 Å². The van der Waals surface area contributed by atoms with Crippen LogP contribution >= 0.6 is 27.5 Å². The van der Waals surface area contributed by atoms with Gasteiger partial charge in [0, 0.05) is 20.6 Å². The molecule has 180 valence electrons. The van der Waals surface area contributed by atoms with Crippen molar-refractivity contribution >= 4 is 27.5 Å². The monoisotopic (exact) mass is 560 g/mol. The SMILES string of the molecule is Cc1cccc(-n2nc(C)c3c2OC(N)=C(C#N)C3c2cc(Br)ccc2OCc2ccccc2Cl)c1. The smallest absolute Gasteiger partial charge is 0.229 e. The van der Waals surface area contributed by atoms with Gasteiger partial charge >= 0.3 is 0 Å². The third kappa shape index (κ3) is 4.34. The lowest BCUT2D eigenvalue weighted by atomic mass is 9.83. The number of hydrogen-bond acceptors (Lipinski definition) is 5. The predicted octanol–water partition coefficient (Wildman–Crippen LogP) is 6.70. The number of halogens is 2. The summed E-state index contributed by atoms with van der Waals surface area (Å²) in [6, 6.07) is 23.5. The Balaban J connectivity index is 1.65. The van der Waals surface area contributed by atoms with E-state index in [0.29, 0.717) is 22.2 Å². The van der Waals surface area contributed by atoms with Crippen LogP contribution in [0.2, 0.25) is 5.02 Å². The van der Waals surface area contributed by atoms with E-state index in [1.807, 2.05) is 80.6 Å². The summed E-state index contributed by atoms with van der Waals surface area (Å²) >= 11 is 9.92. The third-order valence-electron chi connectivity index (χ3n) is 6.10. The molecule has 2 heterocycles. The fourth-order valence-electron chi connectivity index (χ4n) is 4.41. The molecule has 0 amide bonds. The van der Waals surface area contributed by atoms with Gasteiger partial charge < -0.3 is 15.2 Å². The van der Waals surface area contributed by atoms with Gasteiger partial charge in [0.05, 0.1) is 22.9 Å². The van der Waals surface area contributed by atoms with Gasteiger partial charge in [-0.25, -0.2) is 4.68 Å².